The summed E-state index contributed by atoms with van der Waals surface area (Å²) in [6.07, 6.45) is -1.45. The summed E-state index contributed by atoms with van der Waals surface area (Å²) in [6.45, 7) is 4.08. The molecule has 0 amide bonds. The number of nitrogens with two attached hydrogens (primary N) is 1. The molecular formula is C18H24F3N3O3. The maximum absolute atomic E-state index is 12.6. The number of pyridine rings is 1. The van der Waals surface area contributed by atoms with Gasteiger partial charge < -0.3 is 15.7 Å². The van der Waals surface area contributed by atoms with E-state index in [0.29, 0.717) is 5.56 Å². The van der Waals surface area contributed by atoms with Crippen LogP contribution in [0.25, 0.3) is 0 Å². The predicted molar refractivity (Wildman–Crippen MR) is 93.1 cm³/mol. The summed E-state index contributed by atoms with van der Waals surface area (Å²) in [5.74, 6) is -0.909. The van der Waals surface area contributed by atoms with Crippen LogP contribution in [0.5, 0.6) is 5.75 Å². The van der Waals surface area contributed by atoms with Crippen molar-refractivity contribution in [3.8, 4) is 5.75 Å². The van der Waals surface area contributed by atoms with Gasteiger partial charge in [-0.25, -0.2) is 0 Å². The van der Waals surface area contributed by atoms with Crippen molar-refractivity contribution in [1.29, 1.82) is 0 Å². The predicted octanol–water partition coefficient (Wildman–Crippen LogP) is 3.88. The van der Waals surface area contributed by atoms with Crippen molar-refractivity contribution in [2.24, 2.45) is 22.2 Å². The van der Waals surface area contributed by atoms with Crippen LogP contribution in [-0.4, -0.2) is 34.6 Å². The Morgan fingerprint density at radius 1 is 1.41 bits per heavy atom. The molecule has 0 aliphatic heterocycles. The molecule has 6 nitrogen and oxygen atoms in total. The average molecular weight is 387 g/mol. The molecule has 1 aromatic heterocycles. The largest absolute Gasteiger partial charge is 0.484 e. The van der Waals surface area contributed by atoms with Gasteiger partial charge in [0.15, 0.2) is 12.4 Å². The van der Waals surface area contributed by atoms with Crippen LogP contribution in [-0.2, 0) is 0 Å². The summed E-state index contributed by atoms with van der Waals surface area (Å²) in [6, 6.07) is 1.26. The van der Waals surface area contributed by atoms with Gasteiger partial charge in [0, 0.05) is 30.2 Å². The quantitative estimate of drug-likeness (QED) is 0.243. The zero-order valence-corrected chi connectivity index (χ0v) is 15.5. The van der Waals surface area contributed by atoms with E-state index in [1.165, 1.54) is 12.3 Å². The van der Waals surface area contributed by atoms with Crippen LogP contribution in [0.2, 0.25) is 0 Å². The topological polar surface area (TPSA) is 97.8 Å². The van der Waals surface area contributed by atoms with Crippen LogP contribution in [0.15, 0.2) is 17.4 Å². The normalized spacial score (nSPS) is 16.9. The molecule has 9 heteroatoms. The Morgan fingerprint density at radius 2 is 2.04 bits per heavy atom. The Kier molecular flexibility index (Phi) is 6.01. The van der Waals surface area contributed by atoms with Crippen LogP contribution < -0.4 is 10.5 Å². The minimum atomic E-state index is -4.47. The van der Waals surface area contributed by atoms with Crippen molar-refractivity contribution in [2.75, 3.05) is 6.61 Å². The second-order valence-corrected chi connectivity index (χ2v) is 7.86. The van der Waals surface area contributed by atoms with E-state index in [0.717, 1.165) is 12.8 Å². The van der Waals surface area contributed by atoms with Crippen molar-refractivity contribution in [3.63, 3.8) is 0 Å². The average Bonchev–Trinajstić information content (AvgIpc) is 3.39. The number of alkyl halides is 3. The molecule has 2 rings (SSSR count). The molecule has 1 unspecified atom stereocenters. The Hall–Kier alpha value is -2.32. The number of aromatic nitrogens is 1. The summed E-state index contributed by atoms with van der Waals surface area (Å²) in [5.41, 5.74) is 5.82. The molecule has 0 spiro atoms. The van der Waals surface area contributed by atoms with E-state index in [-0.39, 0.29) is 29.6 Å². The summed E-state index contributed by atoms with van der Waals surface area (Å²) >= 11 is 0. The molecular weight excluding hydrogens is 363 g/mol. The van der Waals surface area contributed by atoms with Gasteiger partial charge in [0.1, 0.15) is 17.3 Å². The van der Waals surface area contributed by atoms with Crippen LogP contribution in [0.3, 0.4) is 0 Å². The minimum Gasteiger partial charge on any atom is -0.484 e. The first-order chi connectivity index (χ1) is 12.4. The second kappa shape index (κ2) is 7.74. The Morgan fingerprint density at radius 3 is 2.52 bits per heavy atom. The van der Waals surface area contributed by atoms with E-state index in [1.807, 2.05) is 20.8 Å². The maximum Gasteiger partial charge on any atom is 0.422 e. The summed E-state index contributed by atoms with van der Waals surface area (Å²) < 4.78 is 42.5. The second-order valence-electron chi connectivity index (χ2n) is 7.86. The SMILES string of the molecule is CC(C)(C)C(CC(=O)c1cc(OCC(F)(F)F)c(C2CC2)cn1)/C(N)=N/O. The maximum atomic E-state index is 12.6. The van der Waals surface area contributed by atoms with Gasteiger partial charge in [-0.05, 0) is 24.2 Å². The third kappa shape index (κ3) is 5.83. The van der Waals surface area contributed by atoms with Gasteiger partial charge in [0.05, 0.1) is 0 Å². The fraction of sp³-hybridized carbons (Fsp3) is 0.611. The van der Waals surface area contributed by atoms with E-state index in [2.05, 4.69) is 10.1 Å². The molecule has 1 heterocycles. The van der Waals surface area contributed by atoms with Crippen molar-refractivity contribution in [2.45, 2.75) is 52.1 Å². The third-order valence-corrected chi connectivity index (χ3v) is 4.50. The number of rotatable bonds is 7. The minimum absolute atomic E-state index is 0.00318. The van der Waals surface area contributed by atoms with E-state index in [4.69, 9.17) is 15.7 Å². The zero-order chi connectivity index (χ0) is 20.4. The standard InChI is InChI=1S/C18H24F3N3O3/c1-17(2,3)12(16(22)24-26)6-14(25)13-7-15(27-9-18(19,20)21)11(8-23-13)10-4-5-10/h7-8,10,12,26H,4-6,9H2,1-3H3,(H2,22,24). The Bertz CT molecular complexity index is 723. The van der Waals surface area contributed by atoms with Crippen molar-refractivity contribution < 1.29 is 27.9 Å². The van der Waals surface area contributed by atoms with Crippen LogP contribution in [0.4, 0.5) is 13.2 Å². The number of carbonyl (C=O) groups is 1. The third-order valence-electron chi connectivity index (χ3n) is 4.50. The molecule has 1 aromatic rings. The molecule has 150 valence electrons. The number of nitrogens with zero attached hydrogens (tertiary/aromatic N) is 2. The van der Waals surface area contributed by atoms with Gasteiger partial charge in [0.2, 0.25) is 0 Å². The van der Waals surface area contributed by atoms with E-state index in [9.17, 15) is 18.0 Å². The summed E-state index contributed by atoms with van der Waals surface area (Å²) in [4.78, 5) is 16.8. The molecule has 3 N–H and O–H groups in total. The lowest BCUT2D eigenvalue weighted by Crippen LogP contribution is -2.36. The molecule has 0 radical (unpaired) electrons. The molecule has 0 aromatic carbocycles. The highest BCUT2D eigenvalue weighted by Crippen LogP contribution is 2.44. The van der Waals surface area contributed by atoms with E-state index in [1.54, 1.807) is 0 Å². The zero-order valence-electron chi connectivity index (χ0n) is 15.5. The number of hydrogen-bond acceptors (Lipinski definition) is 5. The molecule has 1 aliphatic carbocycles. The Labute approximate surface area is 155 Å². The monoisotopic (exact) mass is 387 g/mol. The Balaban J connectivity index is 2.25. The smallest absolute Gasteiger partial charge is 0.422 e. The van der Waals surface area contributed by atoms with E-state index >= 15 is 0 Å². The van der Waals surface area contributed by atoms with Gasteiger partial charge in [-0.3, -0.25) is 9.78 Å². The number of oxime groups is 1. The van der Waals surface area contributed by atoms with Crippen LogP contribution in [0.1, 0.15) is 62.0 Å². The number of halogens is 3. The fourth-order valence-corrected chi connectivity index (χ4v) is 2.80. The van der Waals surface area contributed by atoms with Crippen molar-refractivity contribution in [3.05, 3.63) is 23.5 Å². The first kappa shape index (κ1) is 21.0. The fourth-order valence-electron chi connectivity index (χ4n) is 2.80. The highest BCUT2D eigenvalue weighted by molar-refractivity contribution is 5.98. The van der Waals surface area contributed by atoms with Gasteiger partial charge in [-0.1, -0.05) is 25.9 Å². The van der Waals surface area contributed by atoms with Crippen LogP contribution >= 0.6 is 0 Å². The number of carbonyl (C=O) groups excluding carboxylic acids is 1. The number of hydrogen-bond donors (Lipinski definition) is 2. The lowest BCUT2D eigenvalue weighted by atomic mass is 9.77. The first-order valence-corrected chi connectivity index (χ1v) is 8.62. The van der Waals surface area contributed by atoms with Crippen LogP contribution in [0, 0.1) is 11.3 Å². The highest BCUT2D eigenvalue weighted by atomic mass is 19.4. The molecule has 1 aliphatic rings. The molecule has 27 heavy (non-hydrogen) atoms. The van der Waals surface area contributed by atoms with Gasteiger partial charge in [-0.15, -0.1) is 0 Å². The van der Waals surface area contributed by atoms with Crippen molar-refractivity contribution >= 4 is 11.6 Å². The van der Waals surface area contributed by atoms with Gasteiger partial charge >= 0.3 is 6.18 Å². The van der Waals surface area contributed by atoms with E-state index < -0.39 is 29.9 Å². The van der Waals surface area contributed by atoms with Gasteiger partial charge in [-0.2, -0.15) is 13.2 Å². The number of ketones is 1. The highest BCUT2D eigenvalue weighted by Gasteiger charge is 2.34. The summed E-state index contributed by atoms with van der Waals surface area (Å²) in [7, 11) is 0. The molecule has 1 saturated carbocycles. The first-order valence-electron chi connectivity index (χ1n) is 8.62. The molecule has 1 atom stereocenters. The molecule has 1 fully saturated rings. The number of ether oxygens (including phenoxy) is 1. The lowest BCUT2D eigenvalue weighted by molar-refractivity contribution is -0.153. The number of amidine groups is 1. The lowest BCUT2D eigenvalue weighted by Gasteiger charge is -2.28. The van der Waals surface area contributed by atoms with Gasteiger partial charge in [0.25, 0.3) is 0 Å². The summed E-state index contributed by atoms with van der Waals surface area (Å²) in [5, 5.41) is 11.9. The molecule has 0 bridgehead atoms. The molecule has 0 saturated heterocycles. The number of Topliss-reactive ketones (excluding diaryl/α,β-unsaturated/α-hetero) is 1. The van der Waals surface area contributed by atoms with Crippen molar-refractivity contribution in [1.82, 2.24) is 4.98 Å².